The van der Waals surface area contributed by atoms with Crippen LogP contribution in [0.1, 0.15) is 31.7 Å². The third-order valence-corrected chi connectivity index (χ3v) is 4.62. The molecular weight excluding hydrogens is 268 g/mol. The summed E-state index contributed by atoms with van der Waals surface area (Å²) in [5, 5.41) is 4.29. The van der Waals surface area contributed by atoms with Gasteiger partial charge in [0.15, 0.2) is 0 Å². The molecule has 2 atom stereocenters. The van der Waals surface area contributed by atoms with Gasteiger partial charge in [0.1, 0.15) is 0 Å². The summed E-state index contributed by atoms with van der Waals surface area (Å²) >= 11 is 0. The quantitative estimate of drug-likeness (QED) is 0.813. The van der Waals surface area contributed by atoms with Crippen LogP contribution in [0, 0.1) is 5.92 Å². The van der Waals surface area contributed by atoms with Gasteiger partial charge in [-0.3, -0.25) is 14.3 Å². The Labute approximate surface area is 124 Å². The maximum Gasteiger partial charge on any atom is 0.226 e. The summed E-state index contributed by atoms with van der Waals surface area (Å²) in [6, 6.07) is 2.18. The van der Waals surface area contributed by atoms with Crippen LogP contribution in [0.2, 0.25) is 0 Å². The molecule has 2 fully saturated rings. The first kappa shape index (κ1) is 14.1. The summed E-state index contributed by atoms with van der Waals surface area (Å²) in [7, 11) is 1.80. The third kappa shape index (κ3) is 2.94. The van der Waals surface area contributed by atoms with Crippen LogP contribution < -0.4 is 0 Å². The molecule has 2 aliphatic heterocycles. The zero-order valence-electron chi connectivity index (χ0n) is 12.4. The summed E-state index contributed by atoms with van der Waals surface area (Å²) in [5.41, 5.74) is 0. The minimum absolute atomic E-state index is 0.0836. The molecule has 2 amide bonds. The lowest BCUT2D eigenvalue weighted by atomic mass is 9.93. The van der Waals surface area contributed by atoms with E-state index in [2.05, 4.69) is 5.10 Å². The minimum Gasteiger partial charge on any atom is -0.346 e. The van der Waals surface area contributed by atoms with Gasteiger partial charge in [-0.15, -0.1) is 0 Å². The van der Waals surface area contributed by atoms with E-state index in [-0.39, 0.29) is 23.8 Å². The molecule has 1 aromatic heterocycles. The molecule has 0 N–H and O–H groups in total. The van der Waals surface area contributed by atoms with Crippen molar-refractivity contribution in [3.63, 3.8) is 0 Å². The Kier molecular flexibility index (Phi) is 3.94. The van der Waals surface area contributed by atoms with Crippen LogP contribution in [0.5, 0.6) is 0 Å². The number of carbonyl (C=O) groups is 2. The SMILES string of the molecule is CN1CC[C@@H](C(=O)N2CCC[C@@H](n3cccn3)C2)CC1=O. The average Bonchev–Trinajstić information content (AvgIpc) is 3.04. The van der Waals surface area contributed by atoms with Gasteiger partial charge in [0.2, 0.25) is 11.8 Å². The molecule has 0 bridgehead atoms. The Morgan fingerprint density at radius 2 is 2.19 bits per heavy atom. The van der Waals surface area contributed by atoms with Crippen LogP contribution in [0.3, 0.4) is 0 Å². The zero-order valence-corrected chi connectivity index (χ0v) is 12.4. The van der Waals surface area contributed by atoms with Crippen LogP contribution in [0.15, 0.2) is 18.5 Å². The summed E-state index contributed by atoms with van der Waals surface area (Å²) in [4.78, 5) is 28.1. The van der Waals surface area contributed by atoms with Crippen molar-refractivity contribution in [3.05, 3.63) is 18.5 Å². The summed E-state index contributed by atoms with van der Waals surface area (Å²) in [6.45, 7) is 2.20. The first-order valence-electron chi connectivity index (χ1n) is 7.67. The number of amides is 2. The summed E-state index contributed by atoms with van der Waals surface area (Å²) in [6.07, 6.45) is 6.92. The fraction of sp³-hybridized carbons (Fsp3) is 0.667. The zero-order chi connectivity index (χ0) is 14.8. The number of aromatic nitrogens is 2. The largest absolute Gasteiger partial charge is 0.346 e. The molecule has 0 aliphatic carbocycles. The van der Waals surface area contributed by atoms with E-state index >= 15 is 0 Å². The Morgan fingerprint density at radius 1 is 1.33 bits per heavy atom. The Morgan fingerprint density at radius 3 is 2.90 bits per heavy atom. The number of nitrogens with zero attached hydrogens (tertiary/aromatic N) is 4. The Balaban J connectivity index is 1.63. The summed E-state index contributed by atoms with van der Waals surface area (Å²) in [5.74, 6) is 0.0959. The highest BCUT2D eigenvalue weighted by Gasteiger charge is 2.33. The summed E-state index contributed by atoms with van der Waals surface area (Å²) < 4.78 is 1.94. The van der Waals surface area contributed by atoms with Gasteiger partial charge in [-0.2, -0.15) is 5.10 Å². The molecule has 0 spiro atoms. The first-order valence-corrected chi connectivity index (χ1v) is 7.67. The van der Waals surface area contributed by atoms with E-state index in [1.807, 2.05) is 21.8 Å². The number of hydrogen-bond donors (Lipinski definition) is 0. The predicted molar refractivity (Wildman–Crippen MR) is 77.4 cm³/mol. The van der Waals surface area contributed by atoms with Gasteiger partial charge in [-0.05, 0) is 25.3 Å². The van der Waals surface area contributed by atoms with E-state index in [1.165, 1.54) is 0 Å². The Hall–Kier alpha value is -1.85. The monoisotopic (exact) mass is 290 g/mol. The van der Waals surface area contributed by atoms with Crippen molar-refractivity contribution in [1.82, 2.24) is 19.6 Å². The van der Waals surface area contributed by atoms with Crippen LogP contribution in [0.4, 0.5) is 0 Å². The van der Waals surface area contributed by atoms with Crippen molar-refractivity contribution >= 4 is 11.8 Å². The minimum atomic E-state index is -0.134. The van der Waals surface area contributed by atoms with Gasteiger partial charge in [-0.1, -0.05) is 0 Å². The lowest BCUT2D eigenvalue weighted by molar-refractivity contribution is -0.145. The van der Waals surface area contributed by atoms with Crippen molar-refractivity contribution in [2.45, 2.75) is 31.7 Å². The number of rotatable bonds is 2. The van der Waals surface area contributed by atoms with Crippen molar-refractivity contribution in [2.24, 2.45) is 5.92 Å². The second-order valence-electron chi connectivity index (χ2n) is 6.07. The molecular formula is C15H22N4O2. The molecule has 0 saturated carbocycles. The lowest BCUT2D eigenvalue weighted by Gasteiger charge is -2.37. The molecule has 6 nitrogen and oxygen atoms in total. The number of carbonyl (C=O) groups excluding carboxylic acids is 2. The predicted octanol–water partition coefficient (Wildman–Crippen LogP) is 0.915. The maximum absolute atomic E-state index is 12.6. The average molecular weight is 290 g/mol. The topological polar surface area (TPSA) is 58.4 Å². The molecule has 6 heteroatoms. The van der Waals surface area contributed by atoms with E-state index in [4.69, 9.17) is 0 Å². The Bertz CT molecular complexity index is 514. The third-order valence-electron chi connectivity index (χ3n) is 4.62. The van der Waals surface area contributed by atoms with E-state index in [1.54, 1.807) is 18.1 Å². The van der Waals surface area contributed by atoms with Gasteiger partial charge in [0.05, 0.1) is 6.04 Å². The van der Waals surface area contributed by atoms with Crippen molar-refractivity contribution in [3.8, 4) is 0 Å². The van der Waals surface area contributed by atoms with Crippen LogP contribution >= 0.6 is 0 Å². The molecule has 0 radical (unpaired) electrons. The molecule has 1 aromatic rings. The van der Waals surface area contributed by atoms with Crippen LogP contribution in [0.25, 0.3) is 0 Å². The van der Waals surface area contributed by atoms with Gasteiger partial charge in [0.25, 0.3) is 0 Å². The maximum atomic E-state index is 12.6. The molecule has 0 unspecified atom stereocenters. The van der Waals surface area contributed by atoms with E-state index < -0.39 is 0 Å². The highest BCUT2D eigenvalue weighted by molar-refractivity contribution is 5.87. The van der Waals surface area contributed by atoms with Crippen LogP contribution in [-0.4, -0.2) is 58.1 Å². The van der Waals surface area contributed by atoms with Crippen molar-refractivity contribution in [1.29, 1.82) is 0 Å². The fourth-order valence-corrected chi connectivity index (χ4v) is 3.28. The normalized spacial score (nSPS) is 27.0. The lowest BCUT2D eigenvalue weighted by Crippen LogP contribution is -2.47. The van der Waals surface area contributed by atoms with Crippen molar-refractivity contribution < 1.29 is 9.59 Å². The van der Waals surface area contributed by atoms with Gasteiger partial charge in [0, 0.05) is 51.4 Å². The fourth-order valence-electron chi connectivity index (χ4n) is 3.28. The number of hydrogen-bond acceptors (Lipinski definition) is 3. The molecule has 3 rings (SSSR count). The van der Waals surface area contributed by atoms with E-state index in [9.17, 15) is 9.59 Å². The molecule has 21 heavy (non-hydrogen) atoms. The second-order valence-corrected chi connectivity index (χ2v) is 6.07. The highest BCUT2D eigenvalue weighted by Crippen LogP contribution is 2.25. The standard InChI is InChI=1S/C15H22N4O2/c1-17-9-5-12(10-14(17)20)15(21)18-7-2-4-13(11-18)19-8-3-6-16-19/h3,6,8,12-13H,2,4-5,7,9-11H2,1H3/t12-,13-/m1/s1. The molecule has 2 aliphatic rings. The smallest absolute Gasteiger partial charge is 0.226 e. The first-order chi connectivity index (χ1) is 10.1. The van der Waals surface area contributed by atoms with Crippen molar-refractivity contribution in [2.75, 3.05) is 26.7 Å². The molecule has 3 heterocycles. The number of piperidine rings is 2. The van der Waals surface area contributed by atoms with Crippen LogP contribution in [-0.2, 0) is 9.59 Å². The molecule has 114 valence electrons. The van der Waals surface area contributed by atoms with Gasteiger partial charge < -0.3 is 9.80 Å². The van der Waals surface area contributed by atoms with Gasteiger partial charge in [-0.25, -0.2) is 0 Å². The van der Waals surface area contributed by atoms with Gasteiger partial charge >= 0.3 is 0 Å². The number of likely N-dealkylation sites (tertiary alicyclic amines) is 2. The van der Waals surface area contributed by atoms with E-state index in [0.29, 0.717) is 19.5 Å². The van der Waals surface area contributed by atoms with E-state index in [0.717, 1.165) is 25.8 Å². The molecule has 2 saturated heterocycles. The highest BCUT2D eigenvalue weighted by atomic mass is 16.2. The second kappa shape index (κ2) is 5.87. The molecule has 0 aromatic carbocycles.